The van der Waals surface area contributed by atoms with Crippen LogP contribution in [0.5, 0.6) is 0 Å². The number of nitrogens with two attached hydrogens (primary N) is 1. The molecule has 0 radical (unpaired) electrons. The van der Waals surface area contributed by atoms with Gasteiger partial charge in [-0.2, -0.15) is 0 Å². The molecule has 2 aromatic carbocycles. The Morgan fingerprint density at radius 1 is 0.711 bits per heavy atom. The molecule has 0 fully saturated rings. The van der Waals surface area contributed by atoms with Gasteiger partial charge in [-0.15, -0.1) is 0 Å². The third-order valence-corrected chi connectivity index (χ3v) is 8.86. The molecule has 0 spiro atoms. The molecule has 1 heteroatoms. The number of hydrogen-bond acceptors (Lipinski definition) is 1. The first-order chi connectivity index (χ1) is 21.4. The lowest BCUT2D eigenvalue weighted by Gasteiger charge is -2.25. The molecule has 0 heterocycles. The van der Waals surface area contributed by atoms with Gasteiger partial charge in [0.1, 0.15) is 0 Å². The Labute approximate surface area is 276 Å². The summed E-state index contributed by atoms with van der Waals surface area (Å²) in [6.45, 7) is 18.6. The van der Waals surface area contributed by atoms with Crippen LogP contribution in [0.25, 0.3) is 11.6 Å². The average molecular weight is 604 g/mol. The van der Waals surface area contributed by atoms with E-state index in [-0.39, 0.29) is 10.8 Å². The maximum absolute atomic E-state index is 5.52. The summed E-state index contributed by atoms with van der Waals surface area (Å²) < 4.78 is 0. The van der Waals surface area contributed by atoms with Crippen LogP contribution in [0.3, 0.4) is 0 Å². The molecule has 2 aliphatic carbocycles. The average Bonchev–Trinajstić information content (AvgIpc) is 3.00. The van der Waals surface area contributed by atoms with E-state index in [4.69, 9.17) is 5.73 Å². The highest BCUT2D eigenvalue weighted by Crippen LogP contribution is 2.36. The number of rotatable bonds is 8. The number of aryl methyl sites for hydroxylation is 4. The van der Waals surface area contributed by atoms with E-state index in [2.05, 4.69) is 140 Å². The van der Waals surface area contributed by atoms with Gasteiger partial charge in [0.15, 0.2) is 0 Å². The highest BCUT2D eigenvalue weighted by atomic mass is 14.5. The van der Waals surface area contributed by atoms with Crippen molar-refractivity contribution in [1.29, 1.82) is 0 Å². The van der Waals surface area contributed by atoms with E-state index in [9.17, 15) is 0 Å². The largest absolute Gasteiger partial charge is 0.327 e. The van der Waals surface area contributed by atoms with Crippen molar-refractivity contribution in [1.82, 2.24) is 0 Å². The number of allylic oxidation sites excluding steroid dienone is 10. The zero-order valence-corrected chi connectivity index (χ0v) is 29.8. The van der Waals surface area contributed by atoms with E-state index < -0.39 is 0 Å². The van der Waals surface area contributed by atoms with Crippen molar-refractivity contribution in [2.24, 2.45) is 16.6 Å². The minimum absolute atomic E-state index is 0.129. The van der Waals surface area contributed by atoms with Crippen LogP contribution in [0.15, 0.2) is 96.2 Å². The second-order valence-electron chi connectivity index (χ2n) is 14.8. The second-order valence-corrected chi connectivity index (χ2v) is 14.8. The highest BCUT2D eigenvalue weighted by molar-refractivity contribution is 5.72. The Morgan fingerprint density at radius 2 is 1.31 bits per heavy atom. The predicted molar refractivity (Wildman–Crippen MR) is 202 cm³/mol. The lowest BCUT2D eigenvalue weighted by molar-refractivity contribution is 0.517. The SMILES string of the molecule is CC(C)(C)C(=C\C=C\CN)/C=C/c1ccc2c(c1)CCCC2.CC/C=C(C)/C=C/C=C(/c1ccc2c(c1)CCCC2)C(C)(C)C. The summed E-state index contributed by atoms with van der Waals surface area (Å²) >= 11 is 0. The van der Waals surface area contributed by atoms with Gasteiger partial charge in [0.25, 0.3) is 0 Å². The third-order valence-electron chi connectivity index (χ3n) is 8.86. The summed E-state index contributed by atoms with van der Waals surface area (Å²) in [5.74, 6) is 0. The molecule has 2 aromatic rings. The molecule has 1 nitrogen and oxygen atoms in total. The van der Waals surface area contributed by atoms with E-state index in [1.807, 2.05) is 6.08 Å². The minimum atomic E-state index is 0.129. The minimum Gasteiger partial charge on any atom is -0.327 e. The molecule has 0 aromatic heterocycles. The summed E-state index contributed by atoms with van der Waals surface area (Å²) in [5, 5.41) is 0. The Morgan fingerprint density at radius 3 is 1.89 bits per heavy atom. The molecule has 242 valence electrons. The van der Waals surface area contributed by atoms with E-state index in [0.717, 1.165) is 6.42 Å². The van der Waals surface area contributed by atoms with Gasteiger partial charge in [-0.25, -0.2) is 0 Å². The van der Waals surface area contributed by atoms with Gasteiger partial charge >= 0.3 is 0 Å². The Bertz CT molecular complexity index is 1420. The quantitative estimate of drug-likeness (QED) is 0.298. The molecule has 0 amide bonds. The topological polar surface area (TPSA) is 26.0 Å². The molecule has 0 bridgehead atoms. The molecule has 0 saturated carbocycles. The van der Waals surface area contributed by atoms with Crippen LogP contribution in [0.1, 0.15) is 121 Å². The maximum Gasteiger partial charge on any atom is 0.0109 e. The van der Waals surface area contributed by atoms with E-state index >= 15 is 0 Å². The second kappa shape index (κ2) is 17.5. The van der Waals surface area contributed by atoms with Gasteiger partial charge in [0.05, 0.1) is 0 Å². The zero-order chi connectivity index (χ0) is 32.9. The van der Waals surface area contributed by atoms with Gasteiger partial charge in [0.2, 0.25) is 0 Å². The molecule has 2 aliphatic rings. The van der Waals surface area contributed by atoms with Crippen molar-refractivity contribution in [2.45, 2.75) is 113 Å². The molecular weight excluding hydrogens is 542 g/mol. The summed E-state index contributed by atoms with van der Waals surface area (Å²) in [6, 6.07) is 14.0. The molecule has 45 heavy (non-hydrogen) atoms. The van der Waals surface area contributed by atoms with Crippen LogP contribution in [-0.4, -0.2) is 6.54 Å². The summed E-state index contributed by atoms with van der Waals surface area (Å²) in [6.07, 6.45) is 31.1. The first kappa shape index (κ1) is 36.3. The third kappa shape index (κ3) is 11.9. The van der Waals surface area contributed by atoms with Gasteiger partial charge in [0, 0.05) is 6.54 Å². The van der Waals surface area contributed by atoms with E-state index in [1.54, 1.807) is 16.7 Å². The van der Waals surface area contributed by atoms with Crippen LogP contribution in [-0.2, 0) is 25.7 Å². The predicted octanol–water partition coefficient (Wildman–Crippen LogP) is 12.0. The molecule has 0 saturated heterocycles. The normalized spacial score (nSPS) is 16.6. The van der Waals surface area contributed by atoms with Gasteiger partial charge in [-0.05, 0) is 120 Å². The van der Waals surface area contributed by atoms with Crippen molar-refractivity contribution in [3.05, 3.63) is 130 Å². The fourth-order valence-corrected chi connectivity index (χ4v) is 6.22. The number of benzene rings is 2. The standard InChI is InChI=1S/C23H32.C21H29N/c1-6-10-18(2)11-9-14-22(23(3,4)5)21-16-15-19-12-7-8-13-20(19)17-21;1-21(2,3)20(10-6-7-15-22)14-12-17-11-13-18-8-4-5-9-19(18)16-17/h9-11,14-17H,6-8,12-13H2,1-5H3;6-7,10-14,16H,4-5,8-9,15,22H2,1-3H3/b11-9+,18-10+,22-14-;7-6+,14-12+,20-10-. The van der Waals surface area contributed by atoms with Crippen molar-refractivity contribution in [2.75, 3.05) is 6.54 Å². The van der Waals surface area contributed by atoms with Crippen LogP contribution in [0, 0.1) is 10.8 Å². The fraction of sp³-hybridized carbons (Fsp3) is 0.455. The first-order valence-electron chi connectivity index (χ1n) is 17.5. The van der Waals surface area contributed by atoms with E-state index in [0.29, 0.717) is 6.54 Å². The number of hydrogen-bond donors (Lipinski definition) is 1. The zero-order valence-electron chi connectivity index (χ0n) is 29.8. The Kier molecular flexibility index (Phi) is 14.1. The summed E-state index contributed by atoms with van der Waals surface area (Å²) in [5.41, 5.74) is 18.8. The maximum atomic E-state index is 5.52. The van der Waals surface area contributed by atoms with Crippen molar-refractivity contribution < 1.29 is 0 Å². The van der Waals surface area contributed by atoms with Gasteiger partial charge in [-0.3, -0.25) is 0 Å². The Hall–Kier alpha value is -3.16. The fourth-order valence-electron chi connectivity index (χ4n) is 6.22. The highest BCUT2D eigenvalue weighted by Gasteiger charge is 2.20. The molecular formula is C44H61N. The van der Waals surface area contributed by atoms with Gasteiger partial charge < -0.3 is 5.73 Å². The van der Waals surface area contributed by atoms with Gasteiger partial charge in [-0.1, -0.05) is 145 Å². The summed E-state index contributed by atoms with van der Waals surface area (Å²) in [7, 11) is 0. The Balaban J connectivity index is 0.000000246. The molecule has 4 rings (SSSR count). The molecule has 0 atom stereocenters. The van der Waals surface area contributed by atoms with Crippen LogP contribution >= 0.6 is 0 Å². The van der Waals surface area contributed by atoms with Crippen LogP contribution in [0.2, 0.25) is 0 Å². The van der Waals surface area contributed by atoms with Crippen molar-refractivity contribution >= 4 is 11.6 Å². The monoisotopic (exact) mass is 603 g/mol. The van der Waals surface area contributed by atoms with Crippen LogP contribution < -0.4 is 5.73 Å². The van der Waals surface area contributed by atoms with E-state index in [1.165, 1.54) is 84.8 Å². The molecule has 0 aliphatic heterocycles. The molecule has 0 unspecified atom stereocenters. The lowest BCUT2D eigenvalue weighted by Crippen LogP contribution is -2.10. The smallest absolute Gasteiger partial charge is 0.0109 e. The van der Waals surface area contributed by atoms with Crippen LogP contribution in [0.4, 0.5) is 0 Å². The lowest BCUT2D eigenvalue weighted by atomic mass is 9.80. The van der Waals surface area contributed by atoms with Crippen molar-refractivity contribution in [3.63, 3.8) is 0 Å². The molecule has 2 N–H and O–H groups in total. The summed E-state index contributed by atoms with van der Waals surface area (Å²) in [4.78, 5) is 0. The van der Waals surface area contributed by atoms with Crippen molar-refractivity contribution in [3.8, 4) is 0 Å². The first-order valence-corrected chi connectivity index (χ1v) is 17.5. The number of fused-ring (bicyclic) bond motifs is 2.